The maximum atomic E-state index is 13.1. The number of nitrogens with one attached hydrogen (secondary N) is 2. The summed E-state index contributed by atoms with van der Waals surface area (Å²) in [5.74, 6) is -0.0143. The number of fused-ring (bicyclic) bond motifs is 1. The Morgan fingerprint density at radius 2 is 1.88 bits per heavy atom. The second-order valence-electron chi connectivity index (χ2n) is 7.18. The summed E-state index contributed by atoms with van der Waals surface area (Å²) in [6.07, 6.45) is -4.57. The van der Waals surface area contributed by atoms with Gasteiger partial charge in [-0.05, 0) is 66.8 Å². The van der Waals surface area contributed by atoms with Crippen LogP contribution in [0, 0.1) is 4.77 Å². The molecule has 3 aromatic carbocycles. The Balaban J connectivity index is 1.71. The summed E-state index contributed by atoms with van der Waals surface area (Å²) in [5, 5.41) is 3.16. The van der Waals surface area contributed by atoms with Crippen LogP contribution in [0.2, 0.25) is 5.02 Å². The fourth-order valence-electron chi connectivity index (χ4n) is 3.36. The lowest BCUT2D eigenvalue weighted by molar-refractivity contribution is -0.137. The van der Waals surface area contributed by atoms with Crippen LogP contribution in [-0.2, 0) is 6.18 Å². The quantitative estimate of drug-likeness (QED) is 0.334. The number of aromatic nitrogens is 2. The highest BCUT2D eigenvalue weighted by Gasteiger charge is 2.30. The van der Waals surface area contributed by atoms with E-state index in [2.05, 4.69) is 10.3 Å². The van der Waals surface area contributed by atoms with E-state index < -0.39 is 23.2 Å². The van der Waals surface area contributed by atoms with Gasteiger partial charge in [0.25, 0.3) is 11.5 Å². The Bertz CT molecular complexity index is 1550. The number of anilines is 1. The number of carbonyl (C=O) groups is 1. The predicted molar refractivity (Wildman–Crippen MR) is 126 cm³/mol. The van der Waals surface area contributed by atoms with Crippen LogP contribution in [0.15, 0.2) is 65.5 Å². The molecule has 0 saturated heterocycles. The van der Waals surface area contributed by atoms with Crippen molar-refractivity contribution >= 4 is 46.3 Å². The van der Waals surface area contributed by atoms with E-state index in [-0.39, 0.29) is 26.9 Å². The first-order valence-electron chi connectivity index (χ1n) is 9.70. The van der Waals surface area contributed by atoms with Gasteiger partial charge in [-0.2, -0.15) is 13.2 Å². The molecule has 1 heterocycles. The van der Waals surface area contributed by atoms with Crippen LogP contribution in [0.1, 0.15) is 15.9 Å². The molecule has 0 unspecified atom stereocenters. The van der Waals surface area contributed by atoms with Gasteiger partial charge >= 0.3 is 6.18 Å². The molecule has 6 nitrogen and oxygen atoms in total. The number of benzene rings is 3. The van der Waals surface area contributed by atoms with Gasteiger partial charge < -0.3 is 15.0 Å². The number of rotatable bonds is 4. The normalized spacial score (nSPS) is 11.4. The number of H-pyrrole nitrogens is 1. The molecule has 174 valence electrons. The molecule has 0 saturated carbocycles. The SMILES string of the molecule is COc1ccc(NC(=O)c2ccc3c(=O)n(-c4cccc(C(F)(F)F)c4)c(=S)[nH]c3c2)cc1Cl. The van der Waals surface area contributed by atoms with Crippen molar-refractivity contribution in [3.05, 3.63) is 91.9 Å². The van der Waals surface area contributed by atoms with Gasteiger partial charge in [-0.25, -0.2) is 0 Å². The first-order valence-corrected chi connectivity index (χ1v) is 10.5. The molecule has 2 N–H and O–H groups in total. The summed E-state index contributed by atoms with van der Waals surface area (Å²) in [6.45, 7) is 0. The van der Waals surface area contributed by atoms with Gasteiger partial charge in [0.1, 0.15) is 5.75 Å². The lowest BCUT2D eigenvalue weighted by Crippen LogP contribution is -2.21. The molecule has 1 aromatic heterocycles. The van der Waals surface area contributed by atoms with Gasteiger partial charge in [0.2, 0.25) is 0 Å². The number of ether oxygens (including phenoxy) is 1. The van der Waals surface area contributed by atoms with Crippen LogP contribution < -0.4 is 15.6 Å². The molecule has 4 rings (SSSR count). The molecule has 0 atom stereocenters. The highest BCUT2D eigenvalue weighted by atomic mass is 35.5. The maximum absolute atomic E-state index is 13.1. The molecule has 0 fully saturated rings. The minimum atomic E-state index is -4.57. The summed E-state index contributed by atoms with van der Waals surface area (Å²) in [4.78, 5) is 28.6. The van der Waals surface area contributed by atoms with Gasteiger partial charge in [-0.1, -0.05) is 17.7 Å². The zero-order valence-electron chi connectivity index (χ0n) is 17.4. The highest BCUT2D eigenvalue weighted by molar-refractivity contribution is 7.71. The van der Waals surface area contributed by atoms with Crippen LogP contribution in [0.3, 0.4) is 0 Å². The third-order valence-corrected chi connectivity index (χ3v) is 5.58. The topological polar surface area (TPSA) is 76.1 Å². The molecule has 4 aromatic rings. The lowest BCUT2D eigenvalue weighted by Gasteiger charge is -2.12. The maximum Gasteiger partial charge on any atom is 0.416 e. The monoisotopic (exact) mass is 505 g/mol. The van der Waals surface area contributed by atoms with Gasteiger partial charge in [-0.3, -0.25) is 14.2 Å². The van der Waals surface area contributed by atoms with Crippen LogP contribution in [0.25, 0.3) is 16.6 Å². The van der Waals surface area contributed by atoms with Crippen molar-refractivity contribution in [1.82, 2.24) is 9.55 Å². The molecule has 0 bridgehead atoms. The van der Waals surface area contributed by atoms with E-state index in [4.69, 9.17) is 28.6 Å². The number of nitrogens with zero attached hydrogens (tertiary/aromatic N) is 1. The standard InChI is InChI=1S/C23H15ClF3N3O3S/c1-33-19-8-6-14(11-17(19)24)28-20(31)12-5-7-16-18(9-12)29-22(34)30(21(16)32)15-4-2-3-13(10-15)23(25,26)27/h2-11H,1H3,(H,28,31)(H,29,34). The van der Waals surface area contributed by atoms with E-state index in [0.29, 0.717) is 16.5 Å². The van der Waals surface area contributed by atoms with Gasteiger partial charge in [-0.15, -0.1) is 0 Å². The summed E-state index contributed by atoms with van der Waals surface area (Å²) < 4.78 is 45.2. The molecule has 0 aliphatic carbocycles. The molecule has 0 radical (unpaired) electrons. The Morgan fingerprint density at radius 1 is 1.12 bits per heavy atom. The van der Waals surface area contributed by atoms with Crippen LogP contribution in [0.4, 0.5) is 18.9 Å². The van der Waals surface area contributed by atoms with E-state index in [1.165, 1.54) is 43.5 Å². The molecular weight excluding hydrogens is 491 g/mol. The Kier molecular flexibility index (Phi) is 6.20. The summed E-state index contributed by atoms with van der Waals surface area (Å²) in [6, 6.07) is 13.3. The molecule has 11 heteroatoms. The average Bonchev–Trinajstić information content (AvgIpc) is 2.78. The molecule has 1 amide bonds. The number of hydrogen-bond acceptors (Lipinski definition) is 4. The number of amides is 1. The fourth-order valence-corrected chi connectivity index (χ4v) is 3.92. The smallest absolute Gasteiger partial charge is 0.416 e. The lowest BCUT2D eigenvalue weighted by atomic mass is 10.1. The zero-order valence-corrected chi connectivity index (χ0v) is 18.9. The average molecular weight is 506 g/mol. The molecule has 34 heavy (non-hydrogen) atoms. The van der Waals surface area contributed by atoms with Crippen molar-refractivity contribution in [1.29, 1.82) is 0 Å². The zero-order chi connectivity index (χ0) is 24.6. The fraction of sp³-hybridized carbons (Fsp3) is 0.0870. The van der Waals surface area contributed by atoms with Crippen molar-refractivity contribution in [2.24, 2.45) is 0 Å². The van der Waals surface area contributed by atoms with Crippen molar-refractivity contribution in [3.8, 4) is 11.4 Å². The number of aromatic amines is 1. The van der Waals surface area contributed by atoms with Crippen molar-refractivity contribution in [3.63, 3.8) is 0 Å². The highest BCUT2D eigenvalue weighted by Crippen LogP contribution is 2.30. The molecule has 0 aliphatic heterocycles. The number of carbonyl (C=O) groups excluding carboxylic acids is 1. The van der Waals surface area contributed by atoms with Crippen LogP contribution in [-0.4, -0.2) is 22.6 Å². The van der Waals surface area contributed by atoms with Gasteiger partial charge in [0.05, 0.1) is 34.3 Å². The van der Waals surface area contributed by atoms with E-state index in [1.54, 1.807) is 12.1 Å². The van der Waals surface area contributed by atoms with Gasteiger partial charge in [0, 0.05) is 11.3 Å². The predicted octanol–water partition coefficient (Wildman–Crippen LogP) is 5.98. The van der Waals surface area contributed by atoms with Crippen molar-refractivity contribution < 1.29 is 22.7 Å². The Morgan fingerprint density at radius 3 is 2.56 bits per heavy atom. The van der Waals surface area contributed by atoms with E-state index in [0.717, 1.165) is 16.7 Å². The van der Waals surface area contributed by atoms with E-state index in [1.807, 2.05) is 0 Å². The first-order chi connectivity index (χ1) is 16.1. The molecule has 0 aliphatic rings. The summed E-state index contributed by atoms with van der Waals surface area (Å²) in [7, 11) is 1.47. The molecule has 0 spiro atoms. The minimum Gasteiger partial charge on any atom is -0.495 e. The Hall–Kier alpha value is -3.63. The largest absolute Gasteiger partial charge is 0.495 e. The Labute approximate surface area is 200 Å². The summed E-state index contributed by atoms with van der Waals surface area (Å²) >= 11 is 11.3. The number of halogens is 4. The van der Waals surface area contributed by atoms with Gasteiger partial charge in [0.15, 0.2) is 4.77 Å². The number of methoxy groups -OCH3 is 1. The van der Waals surface area contributed by atoms with Crippen LogP contribution >= 0.6 is 23.8 Å². The third kappa shape index (κ3) is 4.55. The molecular formula is C23H15ClF3N3O3S. The van der Waals surface area contributed by atoms with Crippen molar-refractivity contribution in [2.75, 3.05) is 12.4 Å². The van der Waals surface area contributed by atoms with Crippen LogP contribution in [0.5, 0.6) is 5.75 Å². The van der Waals surface area contributed by atoms with E-state index in [9.17, 15) is 22.8 Å². The second-order valence-corrected chi connectivity index (χ2v) is 7.98. The summed E-state index contributed by atoms with van der Waals surface area (Å²) in [5.41, 5.74) is -0.631. The third-order valence-electron chi connectivity index (χ3n) is 5.00. The second kappa shape index (κ2) is 8.96. The first kappa shape index (κ1) is 23.5. The number of hydrogen-bond donors (Lipinski definition) is 2. The number of alkyl halides is 3. The van der Waals surface area contributed by atoms with Crippen molar-refractivity contribution in [2.45, 2.75) is 6.18 Å². The minimum absolute atomic E-state index is 0.0267. The van der Waals surface area contributed by atoms with E-state index >= 15 is 0 Å².